The fraction of sp³-hybridized carbons (Fsp3) is 0.938. The summed E-state index contributed by atoms with van der Waals surface area (Å²) in [6.45, 7) is 8.43. The summed E-state index contributed by atoms with van der Waals surface area (Å²) >= 11 is 0. The molecule has 0 aromatic carbocycles. The van der Waals surface area contributed by atoms with Crippen LogP contribution in [0.4, 0.5) is 0 Å². The molecule has 0 heterocycles. The van der Waals surface area contributed by atoms with Gasteiger partial charge in [0.05, 0.1) is 0 Å². The van der Waals surface area contributed by atoms with Crippen molar-refractivity contribution in [2.45, 2.75) is 66.2 Å². The van der Waals surface area contributed by atoms with E-state index in [1.165, 1.54) is 0 Å². The van der Waals surface area contributed by atoms with Crippen LogP contribution in [0.2, 0.25) is 0 Å². The average molecular weight is 251 g/mol. The maximum atomic E-state index is 8.89. The fourth-order valence-corrected chi connectivity index (χ4v) is 5.03. The van der Waals surface area contributed by atoms with Crippen LogP contribution >= 0.6 is 0 Å². The van der Waals surface area contributed by atoms with E-state index in [2.05, 4.69) is 20.8 Å². The van der Waals surface area contributed by atoms with Crippen LogP contribution in [-0.2, 0) is 4.79 Å². The molecule has 2 heteroatoms. The van der Waals surface area contributed by atoms with Gasteiger partial charge in [0.15, 0.2) is 0 Å². The van der Waals surface area contributed by atoms with Gasteiger partial charge in [-0.05, 0) is 74.0 Å². The molecule has 0 spiro atoms. The molecule has 0 atom stereocenters. The minimum Gasteiger partial charge on any atom is -0.550 e. The van der Waals surface area contributed by atoms with E-state index in [1.54, 1.807) is 38.5 Å². The van der Waals surface area contributed by atoms with Crippen LogP contribution in [0.1, 0.15) is 66.2 Å². The lowest BCUT2D eigenvalue weighted by Gasteiger charge is -2.62. The SMILES string of the molecule is CC(=O)[O-].CC(C)(C)C12CC3CC(CC(C3)C1)C2. The largest absolute Gasteiger partial charge is 0.550 e. The van der Waals surface area contributed by atoms with Crippen molar-refractivity contribution in [3.05, 3.63) is 0 Å². The van der Waals surface area contributed by atoms with Gasteiger partial charge < -0.3 is 9.90 Å². The van der Waals surface area contributed by atoms with Crippen LogP contribution in [0.5, 0.6) is 0 Å². The van der Waals surface area contributed by atoms with Gasteiger partial charge in [-0.25, -0.2) is 0 Å². The first-order valence-electron chi connectivity index (χ1n) is 7.39. The van der Waals surface area contributed by atoms with E-state index in [4.69, 9.17) is 9.90 Å². The van der Waals surface area contributed by atoms with E-state index in [1.807, 2.05) is 0 Å². The summed E-state index contributed by atoms with van der Waals surface area (Å²) in [5.74, 6) is 2.25. The molecule has 0 aromatic rings. The van der Waals surface area contributed by atoms with Crippen LogP contribution in [0.25, 0.3) is 0 Å². The molecule has 4 bridgehead atoms. The molecule has 0 unspecified atom stereocenters. The summed E-state index contributed by atoms with van der Waals surface area (Å²) < 4.78 is 0. The number of carbonyl (C=O) groups excluding carboxylic acids is 1. The Morgan fingerprint density at radius 3 is 1.50 bits per heavy atom. The van der Waals surface area contributed by atoms with Gasteiger partial charge in [-0.3, -0.25) is 0 Å². The predicted octanol–water partition coefficient (Wildman–Crippen LogP) is 3.01. The first kappa shape index (κ1) is 13.9. The van der Waals surface area contributed by atoms with Gasteiger partial charge in [0, 0.05) is 5.97 Å². The molecule has 0 aliphatic heterocycles. The summed E-state index contributed by atoms with van der Waals surface area (Å²) in [6.07, 6.45) is 9.41. The Hall–Kier alpha value is -0.530. The van der Waals surface area contributed by atoms with Crippen molar-refractivity contribution in [3.63, 3.8) is 0 Å². The first-order chi connectivity index (χ1) is 8.22. The number of carboxylic acid groups (broad SMARTS) is 1. The van der Waals surface area contributed by atoms with Crippen LogP contribution in [0, 0.1) is 28.6 Å². The van der Waals surface area contributed by atoms with E-state index in [0.717, 1.165) is 30.1 Å². The number of carbonyl (C=O) groups is 1. The molecule has 4 rings (SSSR count). The lowest BCUT2D eigenvalue weighted by Crippen LogP contribution is -2.51. The molecule has 104 valence electrons. The van der Waals surface area contributed by atoms with Crippen LogP contribution < -0.4 is 5.11 Å². The van der Waals surface area contributed by atoms with Crippen molar-refractivity contribution in [2.24, 2.45) is 28.6 Å². The van der Waals surface area contributed by atoms with Crippen LogP contribution in [0.3, 0.4) is 0 Å². The molecule has 4 aliphatic rings. The molecule has 4 fully saturated rings. The topological polar surface area (TPSA) is 40.1 Å². The summed E-state index contributed by atoms with van der Waals surface area (Å²) in [4.78, 5) is 8.89. The third-order valence-electron chi connectivity index (χ3n) is 5.63. The second-order valence-corrected chi connectivity index (χ2v) is 7.94. The van der Waals surface area contributed by atoms with Gasteiger partial charge in [-0.15, -0.1) is 0 Å². The Kier molecular flexibility index (Phi) is 3.50. The molecule has 18 heavy (non-hydrogen) atoms. The molecular weight excluding hydrogens is 224 g/mol. The molecule has 2 nitrogen and oxygen atoms in total. The quantitative estimate of drug-likeness (QED) is 0.664. The highest BCUT2D eigenvalue weighted by atomic mass is 16.4. The lowest BCUT2D eigenvalue weighted by atomic mass is 9.43. The van der Waals surface area contributed by atoms with E-state index < -0.39 is 5.97 Å². The standard InChI is InChI=1S/C14H24.C2H4O2/c1-13(2,3)14-7-10-4-11(8-14)6-12(5-10)9-14;1-2(3)4/h10-12H,4-9H2,1-3H3;1H3,(H,3,4)/p-1. The molecule has 0 amide bonds. The fourth-order valence-electron chi connectivity index (χ4n) is 5.03. The third kappa shape index (κ3) is 2.57. The lowest BCUT2D eigenvalue weighted by molar-refractivity contribution is -0.302. The van der Waals surface area contributed by atoms with Crippen LogP contribution in [-0.4, -0.2) is 5.97 Å². The van der Waals surface area contributed by atoms with Gasteiger partial charge >= 0.3 is 0 Å². The zero-order valence-corrected chi connectivity index (χ0v) is 12.3. The van der Waals surface area contributed by atoms with E-state index in [-0.39, 0.29) is 0 Å². The molecule has 0 saturated heterocycles. The Bertz CT molecular complexity index is 285. The first-order valence-corrected chi connectivity index (χ1v) is 7.39. The van der Waals surface area contributed by atoms with Gasteiger partial charge in [0.25, 0.3) is 0 Å². The summed E-state index contributed by atoms with van der Waals surface area (Å²) in [7, 11) is 0. The molecule has 4 saturated carbocycles. The van der Waals surface area contributed by atoms with Crippen molar-refractivity contribution in [1.82, 2.24) is 0 Å². The van der Waals surface area contributed by atoms with Crippen molar-refractivity contribution in [1.29, 1.82) is 0 Å². The average Bonchev–Trinajstić information content (AvgIpc) is 2.11. The number of aliphatic carboxylic acids is 1. The second-order valence-electron chi connectivity index (χ2n) is 7.94. The van der Waals surface area contributed by atoms with E-state index >= 15 is 0 Å². The highest BCUT2D eigenvalue weighted by Crippen LogP contribution is 2.65. The van der Waals surface area contributed by atoms with Gasteiger partial charge in [0.2, 0.25) is 0 Å². The maximum absolute atomic E-state index is 8.89. The smallest absolute Gasteiger partial charge is 0.0383 e. The number of carboxylic acids is 1. The minimum atomic E-state index is -1.08. The molecule has 0 radical (unpaired) electrons. The van der Waals surface area contributed by atoms with Gasteiger partial charge in [-0.2, -0.15) is 0 Å². The van der Waals surface area contributed by atoms with Gasteiger partial charge in [0.1, 0.15) is 0 Å². The van der Waals surface area contributed by atoms with Crippen molar-refractivity contribution >= 4 is 5.97 Å². The highest BCUT2D eigenvalue weighted by Gasteiger charge is 2.55. The zero-order chi connectivity index (χ0) is 13.6. The summed E-state index contributed by atoms with van der Waals surface area (Å²) in [5, 5.41) is 8.89. The monoisotopic (exact) mass is 251 g/mol. The normalized spacial score (nSPS) is 41.2. The molecule has 0 aromatic heterocycles. The van der Waals surface area contributed by atoms with Crippen molar-refractivity contribution < 1.29 is 9.90 Å². The maximum Gasteiger partial charge on any atom is 0.0383 e. The predicted molar refractivity (Wildman–Crippen MR) is 70.7 cm³/mol. The van der Waals surface area contributed by atoms with E-state index in [0.29, 0.717) is 5.41 Å². The summed E-state index contributed by atoms with van der Waals surface area (Å²) in [5.41, 5.74) is 1.30. The Morgan fingerprint density at radius 1 is 1.00 bits per heavy atom. The number of hydrogen-bond acceptors (Lipinski definition) is 2. The number of hydrogen-bond donors (Lipinski definition) is 0. The molecule has 0 N–H and O–H groups in total. The number of rotatable bonds is 0. The Balaban J connectivity index is 0.000000267. The van der Waals surface area contributed by atoms with Crippen molar-refractivity contribution in [3.8, 4) is 0 Å². The van der Waals surface area contributed by atoms with E-state index in [9.17, 15) is 0 Å². The Labute approximate surface area is 111 Å². The molecular formula is C16H27O2-. The van der Waals surface area contributed by atoms with Gasteiger partial charge in [-0.1, -0.05) is 20.8 Å². The van der Waals surface area contributed by atoms with Crippen LogP contribution in [0.15, 0.2) is 0 Å². The van der Waals surface area contributed by atoms with Crippen molar-refractivity contribution in [2.75, 3.05) is 0 Å². The summed E-state index contributed by atoms with van der Waals surface area (Å²) in [6, 6.07) is 0. The Morgan fingerprint density at radius 2 is 1.28 bits per heavy atom. The minimum absolute atomic E-state index is 0.559. The zero-order valence-electron chi connectivity index (χ0n) is 12.3. The highest BCUT2D eigenvalue weighted by molar-refractivity contribution is 5.60. The second kappa shape index (κ2) is 4.54. The third-order valence-corrected chi connectivity index (χ3v) is 5.63. The molecule has 4 aliphatic carbocycles.